The molecule has 0 aliphatic rings. The third kappa shape index (κ3) is 12.5. The van der Waals surface area contributed by atoms with Gasteiger partial charge in [0, 0.05) is 38.9 Å². The van der Waals surface area contributed by atoms with Crippen molar-refractivity contribution in [1.29, 1.82) is 0 Å². The van der Waals surface area contributed by atoms with E-state index < -0.39 is 18.1 Å². The second kappa shape index (κ2) is 16.0. The number of alkyl halides is 2. The van der Waals surface area contributed by atoms with Crippen LogP contribution in [0.25, 0.3) is 0 Å². The number of hydrogen-bond donors (Lipinski definition) is 1. The molecule has 0 aliphatic carbocycles. The second-order valence-electron chi connectivity index (χ2n) is 6.64. The van der Waals surface area contributed by atoms with E-state index in [1.165, 1.54) is 18.2 Å². The Hall–Kier alpha value is -2.74. The average Bonchev–Trinajstić information content (AvgIpc) is 2.73. The molecule has 8 heteroatoms. The molecular weight excluding hydrogens is 407 g/mol. The van der Waals surface area contributed by atoms with Gasteiger partial charge in [-0.15, -0.1) is 0 Å². The molecule has 0 fully saturated rings. The number of amides is 1. The molecule has 1 atom stereocenters. The molecule has 0 spiro atoms. The molecule has 0 saturated heterocycles. The topological polar surface area (TPSA) is 63.6 Å². The standard InChI is InChI=1S/C23H30F3N3O2/c1-3-31-13-7-12-28-23(30)21-15-18(8-4-5-10-20(24)17-29-21)14-19(16-27-2)9-6-11-22(25)26/h4-6,8,10-11,15-17,19,22H,3,7,9,12-14H2,1-2H3,(H,28,30)/b5-4?,8-4?,10-5?,11-6+,18-8?,18-15?,20-10?,20-17?,21-15?,27-16?,29-17?,29-21?. The molecule has 5 nitrogen and oxygen atoms in total. The lowest BCUT2D eigenvalue weighted by atomic mass is 9.97. The number of rotatable bonds is 12. The number of halogens is 3. The number of hydrogen-bond acceptors (Lipinski definition) is 4. The van der Waals surface area contributed by atoms with E-state index in [0.29, 0.717) is 39.0 Å². The van der Waals surface area contributed by atoms with Gasteiger partial charge >= 0.3 is 0 Å². The number of carbonyl (C=O) groups is 1. The summed E-state index contributed by atoms with van der Waals surface area (Å²) in [5.41, 5.74) is 0.788. The van der Waals surface area contributed by atoms with Crippen LogP contribution in [0.3, 0.4) is 0 Å². The first kappa shape index (κ1) is 26.3. The smallest absolute Gasteiger partial charge is 0.269 e. The minimum Gasteiger partial charge on any atom is -0.382 e. The third-order valence-corrected chi connectivity index (χ3v) is 4.09. The maximum atomic E-state index is 13.8. The Morgan fingerprint density at radius 2 is 2.10 bits per heavy atom. The second-order valence-corrected chi connectivity index (χ2v) is 6.64. The van der Waals surface area contributed by atoms with Crippen molar-refractivity contribution in [2.24, 2.45) is 10.9 Å². The lowest BCUT2D eigenvalue weighted by molar-refractivity contribution is 0.0939. The van der Waals surface area contributed by atoms with Crippen molar-refractivity contribution in [3.63, 3.8) is 0 Å². The monoisotopic (exact) mass is 437 g/mol. The molecule has 0 aliphatic heterocycles. The van der Waals surface area contributed by atoms with E-state index in [9.17, 15) is 18.0 Å². The largest absolute Gasteiger partial charge is 0.382 e. The van der Waals surface area contributed by atoms with Gasteiger partial charge in [-0.2, -0.15) is 0 Å². The van der Waals surface area contributed by atoms with Gasteiger partial charge in [0.25, 0.3) is 12.3 Å². The molecule has 1 amide bonds. The molecule has 1 heterocycles. The Morgan fingerprint density at radius 1 is 1.32 bits per heavy atom. The zero-order chi connectivity index (χ0) is 22.9. The van der Waals surface area contributed by atoms with Crippen molar-refractivity contribution in [2.45, 2.75) is 32.6 Å². The van der Waals surface area contributed by atoms with Crippen molar-refractivity contribution in [3.8, 4) is 0 Å². The van der Waals surface area contributed by atoms with Crippen LogP contribution < -0.4 is 5.32 Å². The number of carbonyl (C=O) groups excluding carboxylic acids is 1. The molecule has 1 aromatic rings. The van der Waals surface area contributed by atoms with Crippen molar-refractivity contribution >= 4 is 12.1 Å². The van der Waals surface area contributed by atoms with E-state index in [2.05, 4.69) is 15.3 Å². The fraction of sp³-hybridized carbons (Fsp3) is 0.435. The van der Waals surface area contributed by atoms with Gasteiger partial charge in [0.2, 0.25) is 0 Å². The van der Waals surface area contributed by atoms with Crippen LogP contribution in [0.4, 0.5) is 13.2 Å². The first-order valence-corrected chi connectivity index (χ1v) is 10.2. The number of aliphatic imine (C=N–C) groups is 1. The average molecular weight is 438 g/mol. The molecule has 1 N–H and O–H groups in total. The van der Waals surface area contributed by atoms with Gasteiger partial charge < -0.3 is 15.0 Å². The summed E-state index contributed by atoms with van der Waals surface area (Å²) in [5.74, 6) is -1.17. The predicted molar refractivity (Wildman–Crippen MR) is 117 cm³/mol. The molecule has 0 aromatic carbocycles. The Morgan fingerprint density at radius 3 is 2.81 bits per heavy atom. The number of nitrogens with one attached hydrogen (secondary N) is 1. The molecule has 1 rings (SSSR count). The van der Waals surface area contributed by atoms with Crippen LogP contribution in [-0.2, 0) is 11.2 Å². The van der Waals surface area contributed by atoms with Crippen molar-refractivity contribution in [2.75, 3.05) is 26.8 Å². The Kier molecular flexibility index (Phi) is 13.6. The summed E-state index contributed by atoms with van der Waals surface area (Å²) in [6.45, 7) is 3.41. The van der Waals surface area contributed by atoms with Crippen molar-refractivity contribution in [1.82, 2.24) is 10.3 Å². The maximum absolute atomic E-state index is 13.8. The van der Waals surface area contributed by atoms with Crippen molar-refractivity contribution in [3.05, 3.63) is 65.8 Å². The van der Waals surface area contributed by atoms with Gasteiger partial charge in [0.15, 0.2) is 0 Å². The van der Waals surface area contributed by atoms with E-state index in [0.717, 1.165) is 17.8 Å². The van der Waals surface area contributed by atoms with E-state index in [1.54, 1.807) is 31.5 Å². The predicted octanol–water partition coefficient (Wildman–Crippen LogP) is 4.57. The Labute approximate surface area is 181 Å². The highest BCUT2D eigenvalue weighted by Crippen LogP contribution is 2.12. The minimum atomic E-state index is -2.51. The van der Waals surface area contributed by atoms with Crippen LogP contribution in [0.15, 0.2) is 53.7 Å². The minimum absolute atomic E-state index is 0.0526. The third-order valence-electron chi connectivity index (χ3n) is 4.09. The molecule has 0 saturated carbocycles. The summed E-state index contributed by atoms with van der Waals surface area (Å²) >= 11 is 0. The molecular formula is C23H30F3N3O2. The van der Waals surface area contributed by atoms with Crippen LogP contribution in [0.1, 0.15) is 35.8 Å². The van der Waals surface area contributed by atoms with Gasteiger partial charge in [-0.25, -0.2) is 18.2 Å². The normalized spacial score (nSPS) is 12.3. The summed E-state index contributed by atoms with van der Waals surface area (Å²) in [7, 11) is 1.61. The van der Waals surface area contributed by atoms with Crippen LogP contribution in [0.5, 0.6) is 0 Å². The summed E-state index contributed by atoms with van der Waals surface area (Å²) in [4.78, 5) is 20.6. The molecule has 31 heavy (non-hydrogen) atoms. The molecule has 170 valence electrons. The quantitative estimate of drug-likeness (QED) is 0.296. The summed E-state index contributed by atoms with van der Waals surface area (Å²) < 4.78 is 43.8. The number of allylic oxidation sites excluding steroid dienone is 2. The highest BCUT2D eigenvalue weighted by molar-refractivity contribution is 5.92. The highest BCUT2D eigenvalue weighted by Gasteiger charge is 2.10. The summed E-state index contributed by atoms with van der Waals surface area (Å²) in [5, 5.41) is 2.75. The van der Waals surface area contributed by atoms with Gasteiger partial charge in [-0.3, -0.25) is 4.79 Å². The van der Waals surface area contributed by atoms with Crippen LogP contribution in [-0.4, -0.2) is 50.3 Å². The number of ether oxygens (including phenoxy) is 1. The van der Waals surface area contributed by atoms with E-state index in [4.69, 9.17) is 4.74 Å². The lowest BCUT2D eigenvalue weighted by Gasteiger charge is -2.10. The fourth-order valence-electron chi connectivity index (χ4n) is 2.69. The summed E-state index contributed by atoms with van der Waals surface area (Å²) in [6.07, 6.45) is 3.86. The fourth-order valence-corrected chi connectivity index (χ4v) is 2.69. The van der Waals surface area contributed by atoms with Gasteiger partial charge in [0.05, 0.1) is 6.20 Å². The Bertz CT molecular complexity index is 784. The lowest BCUT2D eigenvalue weighted by Crippen LogP contribution is -2.26. The summed E-state index contributed by atoms with van der Waals surface area (Å²) in [6, 6.07) is 7.72. The maximum Gasteiger partial charge on any atom is 0.269 e. The first-order chi connectivity index (χ1) is 15.0. The van der Waals surface area contributed by atoms with E-state index in [1.807, 2.05) is 6.92 Å². The number of nitrogens with zero attached hydrogens (tertiary/aromatic N) is 2. The van der Waals surface area contributed by atoms with E-state index in [-0.39, 0.29) is 11.6 Å². The molecule has 0 radical (unpaired) electrons. The van der Waals surface area contributed by atoms with Gasteiger partial charge in [0.1, 0.15) is 11.5 Å². The van der Waals surface area contributed by atoms with Crippen LogP contribution >= 0.6 is 0 Å². The van der Waals surface area contributed by atoms with E-state index >= 15 is 0 Å². The van der Waals surface area contributed by atoms with Gasteiger partial charge in [-0.05, 0) is 50.0 Å². The van der Waals surface area contributed by atoms with Crippen molar-refractivity contribution < 1.29 is 22.7 Å². The Balaban J connectivity index is 3.11. The van der Waals surface area contributed by atoms with Gasteiger partial charge in [-0.1, -0.05) is 24.3 Å². The first-order valence-electron chi connectivity index (χ1n) is 10.2. The number of aromatic nitrogens is 1. The molecule has 1 unspecified atom stereocenters. The highest BCUT2D eigenvalue weighted by atomic mass is 19.3. The van der Waals surface area contributed by atoms with Crippen LogP contribution in [0, 0.1) is 11.7 Å². The zero-order valence-electron chi connectivity index (χ0n) is 17.9. The SMILES string of the molecule is CCOCCCNC(=O)c1cc(CC(C=NC)C/C=C/C(F)F)ccccc(F)cn1. The molecule has 1 aromatic heterocycles. The zero-order valence-corrected chi connectivity index (χ0v) is 17.9. The molecule has 0 bridgehead atoms. The van der Waals surface area contributed by atoms with Crippen LogP contribution in [0.2, 0.25) is 0 Å².